The molecule has 0 aromatic heterocycles. The molecule has 0 spiro atoms. The lowest BCUT2D eigenvalue weighted by Crippen LogP contribution is -2.35. The molecule has 1 aromatic carbocycles. The van der Waals surface area contributed by atoms with Crippen molar-refractivity contribution < 1.29 is 9.53 Å². The maximum atomic E-state index is 11.7. The van der Waals surface area contributed by atoms with Gasteiger partial charge in [-0.2, -0.15) is 0 Å². The Balaban J connectivity index is 1.80. The van der Waals surface area contributed by atoms with Crippen molar-refractivity contribution >= 4 is 5.97 Å². The Morgan fingerprint density at radius 3 is 2.75 bits per heavy atom. The Morgan fingerprint density at radius 2 is 2.12 bits per heavy atom. The monoisotopic (exact) mass is 219 g/mol. The second-order valence-electron chi connectivity index (χ2n) is 4.29. The van der Waals surface area contributed by atoms with Crippen molar-refractivity contribution in [3.05, 3.63) is 35.9 Å². The van der Waals surface area contributed by atoms with E-state index in [1.807, 2.05) is 30.3 Å². The molecule has 16 heavy (non-hydrogen) atoms. The Kier molecular flexibility index (Phi) is 3.57. The summed E-state index contributed by atoms with van der Waals surface area (Å²) in [4.78, 5) is 11.7. The van der Waals surface area contributed by atoms with Crippen LogP contribution in [-0.4, -0.2) is 18.1 Å². The fraction of sp³-hybridized carbons (Fsp3) is 0.462. The average Bonchev–Trinajstić information content (AvgIpc) is 2.74. The predicted octanol–water partition coefficient (Wildman–Crippen LogP) is 1.87. The Hall–Kier alpha value is -1.35. The van der Waals surface area contributed by atoms with E-state index in [9.17, 15) is 4.79 Å². The smallest absolute Gasteiger partial charge is 0.323 e. The summed E-state index contributed by atoms with van der Waals surface area (Å²) in [5.41, 5.74) is 1.03. The summed E-state index contributed by atoms with van der Waals surface area (Å²) in [6.45, 7) is 2.46. The van der Waals surface area contributed by atoms with Crippen LogP contribution in [0.25, 0.3) is 0 Å². The lowest BCUT2D eigenvalue weighted by molar-refractivity contribution is -0.147. The van der Waals surface area contributed by atoms with Crippen LogP contribution in [0, 0.1) is 0 Å². The molecule has 1 fully saturated rings. The second kappa shape index (κ2) is 5.12. The average molecular weight is 219 g/mol. The molecule has 1 aromatic rings. The van der Waals surface area contributed by atoms with Gasteiger partial charge in [0, 0.05) is 6.04 Å². The number of carbonyl (C=O) groups excluding carboxylic acids is 1. The number of hydrogen-bond acceptors (Lipinski definition) is 3. The Labute approximate surface area is 95.8 Å². The Bertz CT molecular complexity index is 350. The van der Waals surface area contributed by atoms with E-state index in [1.165, 1.54) is 0 Å². The van der Waals surface area contributed by atoms with Crippen molar-refractivity contribution in [1.82, 2.24) is 5.32 Å². The van der Waals surface area contributed by atoms with Gasteiger partial charge in [-0.1, -0.05) is 30.3 Å². The van der Waals surface area contributed by atoms with Crippen LogP contribution < -0.4 is 5.32 Å². The third-order valence-electron chi connectivity index (χ3n) is 2.88. The third kappa shape index (κ3) is 2.83. The van der Waals surface area contributed by atoms with Crippen molar-refractivity contribution in [2.45, 2.75) is 38.5 Å². The normalized spacial score (nSPS) is 24.3. The highest BCUT2D eigenvalue weighted by molar-refractivity contribution is 5.76. The van der Waals surface area contributed by atoms with Crippen LogP contribution in [0.1, 0.15) is 25.3 Å². The van der Waals surface area contributed by atoms with Crippen LogP contribution >= 0.6 is 0 Å². The zero-order valence-corrected chi connectivity index (χ0v) is 9.48. The number of benzene rings is 1. The topological polar surface area (TPSA) is 38.3 Å². The summed E-state index contributed by atoms with van der Waals surface area (Å²) in [5.74, 6) is -0.131. The molecule has 0 bridgehead atoms. The highest BCUT2D eigenvalue weighted by Gasteiger charge is 2.27. The van der Waals surface area contributed by atoms with Crippen LogP contribution in [0.15, 0.2) is 30.3 Å². The minimum Gasteiger partial charge on any atom is -0.460 e. The maximum absolute atomic E-state index is 11.7. The predicted molar refractivity (Wildman–Crippen MR) is 61.9 cm³/mol. The second-order valence-corrected chi connectivity index (χ2v) is 4.29. The fourth-order valence-corrected chi connectivity index (χ4v) is 1.94. The highest BCUT2D eigenvalue weighted by Crippen LogP contribution is 2.13. The lowest BCUT2D eigenvalue weighted by atomic mass is 10.2. The van der Waals surface area contributed by atoms with Crippen LogP contribution in [0.4, 0.5) is 0 Å². The standard InChI is InChI=1S/C13H17NO2/c1-10-7-8-12(14-10)13(15)16-9-11-5-3-2-4-6-11/h2-6,10,12,14H,7-9H2,1H3. The fourth-order valence-electron chi connectivity index (χ4n) is 1.94. The summed E-state index contributed by atoms with van der Waals surface area (Å²) in [6, 6.07) is 10.1. The molecule has 0 amide bonds. The summed E-state index contributed by atoms with van der Waals surface area (Å²) >= 11 is 0. The summed E-state index contributed by atoms with van der Waals surface area (Å²) < 4.78 is 5.26. The number of nitrogens with one attached hydrogen (secondary N) is 1. The molecular formula is C13H17NO2. The summed E-state index contributed by atoms with van der Waals surface area (Å²) in [7, 11) is 0. The molecule has 2 atom stereocenters. The SMILES string of the molecule is CC1CCC(C(=O)OCc2ccccc2)N1. The molecule has 86 valence electrons. The van der Waals surface area contributed by atoms with E-state index in [-0.39, 0.29) is 12.0 Å². The van der Waals surface area contributed by atoms with Gasteiger partial charge < -0.3 is 10.1 Å². The van der Waals surface area contributed by atoms with Gasteiger partial charge in [0.05, 0.1) is 0 Å². The number of hydrogen-bond donors (Lipinski definition) is 1. The van der Waals surface area contributed by atoms with Crippen molar-refractivity contribution in [3.8, 4) is 0 Å². The van der Waals surface area contributed by atoms with E-state index >= 15 is 0 Å². The minimum absolute atomic E-state index is 0.112. The molecule has 1 saturated heterocycles. The molecule has 1 aliphatic rings. The van der Waals surface area contributed by atoms with Crippen LogP contribution in [-0.2, 0) is 16.1 Å². The number of carbonyl (C=O) groups is 1. The lowest BCUT2D eigenvalue weighted by Gasteiger charge is -2.11. The number of esters is 1. The Morgan fingerprint density at radius 1 is 1.38 bits per heavy atom. The van der Waals surface area contributed by atoms with E-state index < -0.39 is 0 Å². The molecule has 2 unspecified atom stereocenters. The van der Waals surface area contributed by atoms with Gasteiger partial charge >= 0.3 is 5.97 Å². The quantitative estimate of drug-likeness (QED) is 0.789. The van der Waals surface area contributed by atoms with Gasteiger partial charge in [-0.3, -0.25) is 4.79 Å². The number of rotatable bonds is 3. The first kappa shape index (κ1) is 11.1. The molecule has 0 radical (unpaired) electrons. The molecule has 2 rings (SSSR count). The first-order chi connectivity index (χ1) is 7.75. The highest BCUT2D eigenvalue weighted by atomic mass is 16.5. The molecule has 1 aliphatic heterocycles. The van der Waals surface area contributed by atoms with E-state index in [0.29, 0.717) is 12.6 Å². The van der Waals surface area contributed by atoms with Crippen LogP contribution in [0.2, 0.25) is 0 Å². The van der Waals surface area contributed by atoms with Crippen molar-refractivity contribution in [3.63, 3.8) is 0 Å². The molecule has 3 heteroatoms. The van der Waals surface area contributed by atoms with Crippen molar-refractivity contribution in [2.75, 3.05) is 0 Å². The van der Waals surface area contributed by atoms with E-state index in [4.69, 9.17) is 4.74 Å². The van der Waals surface area contributed by atoms with E-state index in [2.05, 4.69) is 12.2 Å². The van der Waals surface area contributed by atoms with Crippen LogP contribution in [0.5, 0.6) is 0 Å². The maximum Gasteiger partial charge on any atom is 0.323 e. The van der Waals surface area contributed by atoms with Gasteiger partial charge in [-0.05, 0) is 25.3 Å². The first-order valence-electron chi connectivity index (χ1n) is 5.72. The molecular weight excluding hydrogens is 202 g/mol. The summed E-state index contributed by atoms with van der Waals surface area (Å²) in [5, 5.41) is 3.22. The summed E-state index contributed by atoms with van der Waals surface area (Å²) in [6.07, 6.45) is 1.93. The third-order valence-corrected chi connectivity index (χ3v) is 2.88. The van der Waals surface area contributed by atoms with Crippen LogP contribution in [0.3, 0.4) is 0 Å². The van der Waals surface area contributed by atoms with Crippen molar-refractivity contribution in [1.29, 1.82) is 0 Å². The van der Waals surface area contributed by atoms with Crippen molar-refractivity contribution in [2.24, 2.45) is 0 Å². The van der Waals surface area contributed by atoms with Gasteiger partial charge in [-0.25, -0.2) is 0 Å². The van der Waals surface area contributed by atoms with Gasteiger partial charge in [0.1, 0.15) is 12.6 Å². The minimum atomic E-state index is -0.131. The molecule has 3 nitrogen and oxygen atoms in total. The largest absolute Gasteiger partial charge is 0.460 e. The molecule has 1 heterocycles. The van der Waals surface area contributed by atoms with E-state index in [1.54, 1.807) is 0 Å². The first-order valence-corrected chi connectivity index (χ1v) is 5.72. The zero-order valence-electron chi connectivity index (χ0n) is 9.48. The molecule has 0 saturated carbocycles. The van der Waals surface area contributed by atoms with Gasteiger partial charge in [0.15, 0.2) is 0 Å². The van der Waals surface area contributed by atoms with E-state index in [0.717, 1.165) is 18.4 Å². The zero-order chi connectivity index (χ0) is 11.4. The van der Waals surface area contributed by atoms with Gasteiger partial charge in [-0.15, -0.1) is 0 Å². The molecule has 0 aliphatic carbocycles. The van der Waals surface area contributed by atoms with Gasteiger partial charge in [0.25, 0.3) is 0 Å². The number of ether oxygens (including phenoxy) is 1. The van der Waals surface area contributed by atoms with Gasteiger partial charge in [0.2, 0.25) is 0 Å². The molecule has 1 N–H and O–H groups in total.